The van der Waals surface area contributed by atoms with Gasteiger partial charge in [-0.05, 0) is 37.1 Å². The van der Waals surface area contributed by atoms with Gasteiger partial charge in [0.25, 0.3) is 5.91 Å². The van der Waals surface area contributed by atoms with Gasteiger partial charge in [-0.2, -0.15) is 4.39 Å². The van der Waals surface area contributed by atoms with Crippen molar-refractivity contribution in [1.29, 1.82) is 0 Å². The van der Waals surface area contributed by atoms with Gasteiger partial charge >= 0.3 is 0 Å². The molecule has 5 heteroatoms. The second-order valence-corrected chi connectivity index (χ2v) is 4.62. The molecule has 19 heavy (non-hydrogen) atoms. The molecule has 1 fully saturated rings. The van der Waals surface area contributed by atoms with Gasteiger partial charge in [-0.3, -0.25) is 4.79 Å². The lowest BCUT2D eigenvalue weighted by atomic mass is 10.1. The first kappa shape index (κ1) is 11.9. The number of rotatable bonds is 2. The standard InChI is InChI=1S/C14H14FN3O/c15-13-10(4-1-8-17-13)14(19)18-9-3-6-12(18)11-5-2-7-16-11/h1-2,4-5,7-8,12,16H,3,6,9H2. The maximum atomic E-state index is 13.6. The normalized spacial score (nSPS) is 18.8. The smallest absolute Gasteiger partial charge is 0.259 e. The van der Waals surface area contributed by atoms with Crippen LogP contribution in [0.2, 0.25) is 0 Å². The zero-order valence-corrected chi connectivity index (χ0v) is 10.3. The van der Waals surface area contributed by atoms with Crippen LogP contribution < -0.4 is 0 Å². The minimum Gasteiger partial charge on any atom is -0.363 e. The Hall–Kier alpha value is -2.17. The van der Waals surface area contributed by atoms with Gasteiger partial charge in [0.05, 0.1) is 11.6 Å². The van der Waals surface area contributed by atoms with Gasteiger partial charge in [0.1, 0.15) is 0 Å². The highest BCUT2D eigenvalue weighted by Gasteiger charge is 2.32. The number of amides is 1. The summed E-state index contributed by atoms with van der Waals surface area (Å²) in [6, 6.07) is 6.92. The molecule has 0 bridgehead atoms. The molecule has 4 nitrogen and oxygen atoms in total. The summed E-state index contributed by atoms with van der Waals surface area (Å²) in [5, 5.41) is 0. The van der Waals surface area contributed by atoms with E-state index in [2.05, 4.69) is 9.97 Å². The summed E-state index contributed by atoms with van der Waals surface area (Å²) in [6.07, 6.45) is 5.00. The molecule has 1 aliphatic rings. The van der Waals surface area contributed by atoms with Gasteiger partial charge in [0.15, 0.2) is 0 Å². The number of likely N-dealkylation sites (tertiary alicyclic amines) is 1. The lowest BCUT2D eigenvalue weighted by molar-refractivity contribution is 0.0727. The molecule has 1 unspecified atom stereocenters. The van der Waals surface area contributed by atoms with E-state index in [9.17, 15) is 9.18 Å². The van der Waals surface area contributed by atoms with Crippen LogP contribution in [0, 0.1) is 5.95 Å². The molecule has 2 aromatic heterocycles. The van der Waals surface area contributed by atoms with Gasteiger partial charge < -0.3 is 9.88 Å². The summed E-state index contributed by atoms with van der Waals surface area (Å²) in [7, 11) is 0. The number of halogens is 1. The molecule has 0 radical (unpaired) electrons. The van der Waals surface area contributed by atoms with Gasteiger partial charge in [0.2, 0.25) is 5.95 Å². The minimum atomic E-state index is -0.704. The molecule has 3 rings (SSSR count). The number of aromatic nitrogens is 2. The lowest BCUT2D eigenvalue weighted by Gasteiger charge is -2.24. The highest BCUT2D eigenvalue weighted by Crippen LogP contribution is 2.32. The number of pyridine rings is 1. The summed E-state index contributed by atoms with van der Waals surface area (Å²) in [5.74, 6) is -0.993. The Morgan fingerprint density at radius 3 is 3.05 bits per heavy atom. The first-order chi connectivity index (χ1) is 9.27. The molecular formula is C14H14FN3O. The van der Waals surface area contributed by atoms with Gasteiger partial charge in [-0.15, -0.1) is 0 Å². The molecular weight excluding hydrogens is 245 g/mol. The summed E-state index contributed by atoms with van der Waals surface area (Å²) in [4.78, 5) is 20.8. The molecule has 1 atom stereocenters. The quantitative estimate of drug-likeness (QED) is 0.842. The van der Waals surface area contributed by atoms with Gasteiger partial charge in [-0.25, -0.2) is 4.98 Å². The van der Waals surface area contributed by atoms with E-state index in [4.69, 9.17) is 0 Å². The third-order valence-electron chi connectivity index (χ3n) is 3.48. The van der Waals surface area contributed by atoms with Crippen LogP contribution in [0.25, 0.3) is 0 Å². The van der Waals surface area contributed by atoms with E-state index in [1.807, 2.05) is 18.3 Å². The molecule has 2 aromatic rings. The zero-order chi connectivity index (χ0) is 13.2. The number of hydrogen-bond donors (Lipinski definition) is 1. The predicted molar refractivity (Wildman–Crippen MR) is 68.0 cm³/mol. The molecule has 0 aliphatic carbocycles. The van der Waals surface area contributed by atoms with Crippen LogP contribution >= 0.6 is 0 Å². The fourth-order valence-corrected chi connectivity index (χ4v) is 2.58. The van der Waals surface area contributed by atoms with Crippen LogP contribution in [0.1, 0.15) is 34.9 Å². The number of H-pyrrole nitrogens is 1. The van der Waals surface area contributed by atoms with E-state index in [-0.39, 0.29) is 17.5 Å². The Morgan fingerprint density at radius 1 is 1.42 bits per heavy atom. The Bertz CT molecular complexity index is 582. The van der Waals surface area contributed by atoms with Crippen molar-refractivity contribution in [2.24, 2.45) is 0 Å². The number of carbonyl (C=O) groups is 1. The third-order valence-corrected chi connectivity index (χ3v) is 3.48. The zero-order valence-electron chi connectivity index (χ0n) is 10.3. The fraction of sp³-hybridized carbons (Fsp3) is 0.286. The second kappa shape index (κ2) is 4.84. The SMILES string of the molecule is O=C(c1cccnc1F)N1CCCC1c1ccc[nH]1. The van der Waals surface area contributed by atoms with Crippen molar-refractivity contribution in [1.82, 2.24) is 14.9 Å². The maximum absolute atomic E-state index is 13.6. The van der Waals surface area contributed by atoms with Crippen molar-refractivity contribution in [3.05, 3.63) is 53.9 Å². The average molecular weight is 259 g/mol. The summed E-state index contributed by atoms with van der Waals surface area (Å²) < 4.78 is 13.6. The maximum Gasteiger partial charge on any atom is 0.259 e. The molecule has 1 aliphatic heterocycles. The number of nitrogens with zero attached hydrogens (tertiary/aromatic N) is 2. The van der Waals surface area contributed by atoms with E-state index in [1.165, 1.54) is 12.3 Å². The van der Waals surface area contributed by atoms with Crippen LogP contribution in [0.4, 0.5) is 4.39 Å². The Balaban J connectivity index is 1.89. The highest BCUT2D eigenvalue weighted by molar-refractivity contribution is 5.94. The predicted octanol–water partition coefficient (Wildman–Crippen LogP) is 2.53. The van der Waals surface area contributed by atoms with Crippen LogP contribution in [0.3, 0.4) is 0 Å². The molecule has 98 valence electrons. The van der Waals surface area contributed by atoms with E-state index in [1.54, 1.807) is 11.0 Å². The molecule has 1 saturated heterocycles. The first-order valence-corrected chi connectivity index (χ1v) is 6.32. The van der Waals surface area contributed by atoms with Crippen LogP contribution in [-0.2, 0) is 0 Å². The fourth-order valence-electron chi connectivity index (χ4n) is 2.58. The molecule has 0 aromatic carbocycles. The Kier molecular flexibility index (Phi) is 3.03. The van der Waals surface area contributed by atoms with Crippen molar-refractivity contribution in [3.8, 4) is 0 Å². The highest BCUT2D eigenvalue weighted by atomic mass is 19.1. The topological polar surface area (TPSA) is 49.0 Å². The summed E-state index contributed by atoms with van der Waals surface area (Å²) in [5.41, 5.74) is 1.04. The molecule has 3 heterocycles. The second-order valence-electron chi connectivity index (χ2n) is 4.62. The first-order valence-electron chi connectivity index (χ1n) is 6.32. The van der Waals surface area contributed by atoms with Crippen LogP contribution in [0.5, 0.6) is 0 Å². The van der Waals surface area contributed by atoms with Crippen molar-refractivity contribution in [2.45, 2.75) is 18.9 Å². The molecule has 1 amide bonds. The number of nitrogens with one attached hydrogen (secondary N) is 1. The van der Waals surface area contributed by atoms with E-state index < -0.39 is 5.95 Å². The molecule has 0 saturated carbocycles. The van der Waals surface area contributed by atoms with E-state index >= 15 is 0 Å². The van der Waals surface area contributed by atoms with Crippen LogP contribution in [-0.4, -0.2) is 27.3 Å². The Morgan fingerprint density at radius 2 is 2.32 bits per heavy atom. The largest absolute Gasteiger partial charge is 0.363 e. The van der Waals surface area contributed by atoms with Crippen molar-refractivity contribution < 1.29 is 9.18 Å². The van der Waals surface area contributed by atoms with Crippen molar-refractivity contribution in [2.75, 3.05) is 6.54 Å². The van der Waals surface area contributed by atoms with Gasteiger partial charge in [0, 0.05) is 24.6 Å². The van der Waals surface area contributed by atoms with Crippen molar-refractivity contribution >= 4 is 5.91 Å². The van der Waals surface area contributed by atoms with Crippen molar-refractivity contribution in [3.63, 3.8) is 0 Å². The number of hydrogen-bond acceptors (Lipinski definition) is 2. The van der Waals surface area contributed by atoms with E-state index in [0.717, 1.165) is 18.5 Å². The van der Waals surface area contributed by atoms with Gasteiger partial charge in [-0.1, -0.05) is 0 Å². The summed E-state index contributed by atoms with van der Waals surface area (Å²) >= 11 is 0. The monoisotopic (exact) mass is 259 g/mol. The minimum absolute atomic E-state index is 0.00195. The molecule has 1 N–H and O–H groups in total. The number of carbonyl (C=O) groups excluding carboxylic acids is 1. The van der Waals surface area contributed by atoms with Crippen LogP contribution in [0.15, 0.2) is 36.7 Å². The lowest BCUT2D eigenvalue weighted by Crippen LogP contribution is -2.31. The Labute approximate surface area is 110 Å². The third kappa shape index (κ3) is 2.12. The van der Waals surface area contributed by atoms with E-state index in [0.29, 0.717) is 6.54 Å². The summed E-state index contributed by atoms with van der Waals surface area (Å²) in [6.45, 7) is 0.650. The molecule has 0 spiro atoms. The number of aromatic amines is 1. The average Bonchev–Trinajstić information content (AvgIpc) is 3.09.